The Labute approximate surface area is 171 Å². The van der Waals surface area contributed by atoms with Crippen LogP contribution in [0.25, 0.3) is 11.5 Å². The molecular formula is C20H13F6N3O2. The summed E-state index contributed by atoms with van der Waals surface area (Å²) in [5.74, 6) is -0.589. The van der Waals surface area contributed by atoms with Crippen LogP contribution in [-0.4, -0.2) is 22.6 Å². The van der Waals surface area contributed by atoms with Gasteiger partial charge in [-0.2, -0.15) is 31.3 Å². The van der Waals surface area contributed by atoms with E-state index in [0.29, 0.717) is 5.69 Å². The zero-order chi connectivity index (χ0) is 22.4. The van der Waals surface area contributed by atoms with Gasteiger partial charge in [0, 0.05) is 30.1 Å². The highest BCUT2D eigenvalue weighted by molar-refractivity contribution is 5.96. The van der Waals surface area contributed by atoms with Gasteiger partial charge < -0.3 is 9.42 Å². The SMILES string of the molecule is O=C1CC(c2noc(-c3ccc(C(F)(F)F)cc3)n2)CN1c1ccc(C(F)(F)F)cc1. The first-order chi connectivity index (χ1) is 14.5. The summed E-state index contributed by atoms with van der Waals surface area (Å²) in [7, 11) is 0. The number of carbonyl (C=O) groups excluding carboxylic acids is 1. The number of aromatic nitrogens is 2. The molecule has 0 N–H and O–H groups in total. The van der Waals surface area contributed by atoms with Crippen molar-refractivity contribution in [2.45, 2.75) is 24.7 Å². The molecule has 1 aliphatic heterocycles. The van der Waals surface area contributed by atoms with Crippen LogP contribution >= 0.6 is 0 Å². The number of alkyl halides is 6. The second-order valence-electron chi connectivity index (χ2n) is 6.98. The van der Waals surface area contributed by atoms with Gasteiger partial charge in [0.25, 0.3) is 5.89 Å². The molecule has 0 bridgehead atoms. The Hall–Kier alpha value is -3.37. The van der Waals surface area contributed by atoms with Crippen molar-refractivity contribution in [3.05, 3.63) is 65.5 Å². The number of anilines is 1. The van der Waals surface area contributed by atoms with Gasteiger partial charge in [0.2, 0.25) is 5.91 Å². The van der Waals surface area contributed by atoms with E-state index in [9.17, 15) is 31.1 Å². The quantitative estimate of drug-likeness (QED) is 0.518. The first-order valence-corrected chi connectivity index (χ1v) is 9.01. The molecule has 1 saturated heterocycles. The number of amides is 1. The van der Waals surface area contributed by atoms with Gasteiger partial charge in [0.15, 0.2) is 5.82 Å². The lowest BCUT2D eigenvalue weighted by Gasteiger charge is -2.17. The van der Waals surface area contributed by atoms with Crippen molar-refractivity contribution in [3.63, 3.8) is 0 Å². The van der Waals surface area contributed by atoms with E-state index in [2.05, 4.69) is 10.1 Å². The monoisotopic (exact) mass is 441 g/mol. The Morgan fingerprint density at radius 3 is 1.97 bits per heavy atom. The molecular weight excluding hydrogens is 428 g/mol. The Morgan fingerprint density at radius 1 is 0.871 bits per heavy atom. The maximum absolute atomic E-state index is 12.7. The summed E-state index contributed by atoms with van der Waals surface area (Å²) in [6.07, 6.45) is -8.92. The summed E-state index contributed by atoms with van der Waals surface area (Å²) in [6.45, 7) is 0.135. The molecule has 5 nitrogen and oxygen atoms in total. The second kappa shape index (κ2) is 7.40. The van der Waals surface area contributed by atoms with Gasteiger partial charge in [0.05, 0.1) is 11.1 Å². The largest absolute Gasteiger partial charge is 0.416 e. The molecule has 1 aromatic heterocycles. The van der Waals surface area contributed by atoms with E-state index in [0.717, 1.165) is 24.3 Å². The van der Waals surface area contributed by atoms with Crippen LogP contribution in [0, 0.1) is 0 Å². The molecule has 2 heterocycles. The van der Waals surface area contributed by atoms with Crippen molar-refractivity contribution in [1.82, 2.24) is 10.1 Å². The van der Waals surface area contributed by atoms with E-state index >= 15 is 0 Å². The minimum Gasteiger partial charge on any atom is -0.334 e. The van der Waals surface area contributed by atoms with Gasteiger partial charge in [-0.05, 0) is 48.5 Å². The molecule has 0 radical (unpaired) electrons. The molecule has 0 spiro atoms. The molecule has 1 unspecified atom stereocenters. The molecule has 2 aromatic carbocycles. The van der Waals surface area contributed by atoms with E-state index in [1.807, 2.05) is 0 Å². The predicted molar refractivity (Wildman–Crippen MR) is 95.9 cm³/mol. The van der Waals surface area contributed by atoms with Gasteiger partial charge in [0.1, 0.15) is 0 Å². The van der Waals surface area contributed by atoms with Gasteiger partial charge >= 0.3 is 12.4 Å². The molecule has 1 aliphatic rings. The van der Waals surface area contributed by atoms with E-state index in [-0.39, 0.29) is 36.2 Å². The van der Waals surface area contributed by atoms with E-state index in [1.165, 1.54) is 29.2 Å². The topological polar surface area (TPSA) is 59.2 Å². The highest BCUT2D eigenvalue weighted by Crippen LogP contribution is 2.35. The van der Waals surface area contributed by atoms with Crippen molar-refractivity contribution in [2.24, 2.45) is 0 Å². The maximum Gasteiger partial charge on any atom is 0.416 e. The maximum atomic E-state index is 12.7. The van der Waals surface area contributed by atoms with Gasteiger partial charge in [-0.3, -0.25) is 4.79 Å². The van der Waals surface area contributed by atoms with Crippen molar-refractivity contribution >= 4 is 11.6 Å². The Bertz CT molecular complexity index is 1090. The third-order valence-electron chi connectivity index (χ3n) is 4.90. The third-order valence-corrected chi connectivity index (χ3v) is 4.90. The van der Waals surface area contributed by atoms with Gasteiger partial charge in [-0.1, -0.05) is 5.16 Å². The minimum atomic E-state index is -4.48. The van der Waals surface area contributed by atoms with Gasteiger partial charge in [-0.25, -0.2) is 0 Å². The summed E-state index contributed by atoms with van der Waals surface area (Å²) in [6, 6.07) is 8.41. The molecule has 3 aromatic rings. The van der Waals surface area contributed by atoms with E-state index < -0.39 is 29.4 Å². The molecule has 0 saturated carbocycles. The number of hydrogen-bond donors (Lipinski definition) is 0. The number of hydrogen-bond acceptors (Lipinski definition) is 4. The molecule has 31 heavy (non-hydrogen) atoms. The van der Waals surface area contributed by atoms with Crippen LogP contribution in [0.1, 0.15) is 29.3 Å². The minimum absolute atomic E-state index is 0.00385. The summed E-state index contributed by atoms with van der Waals surface area (Å²) < 4.78 is 81.3. The number of benzene rings is 2. The molecule has 162 valence electrons. The van der Waals surface area contributed by atoms with Crippen molar-refractivity contribution in [2.75, 3.05) is 11.4 Å². The van der Waals surface area contributed by atoms with Crippen molar-refractivity contribution < 1.29 is 35.7 Å². The summed E-state index contributed by atoms with van der Waals surface area (Å²) in [5, 5.41) is 3.82. The van der Waals surface area contributed by atoms with Gasteiger partial charge in [-0.15, -0.1) is 0 Å². The van der Waals surface area contributed by atoms with Crippen LogP contribution in [0.4, 0.5) is 32.0 Å². The van der Waals surface area contributed by atoms with Crippen LogP contribution in [-0.2, 0) is 17.1 Å². The molecule has 1 fully saturated rings. The Morgan fingerprint density at radius 2 is 1.42 bits per heavy atom. The van der Waals surface area contributed by atoms with Crippen LogP contribution in [0.15, 0.2) is 53.1 Å². The zero-order valence-electron chi connectivity index (χ0n) is 15.5. The first-order valence-electron chi connectivity index (χ1n) is 9.01. The van der Waals surface area contributed by atoms with Crippen molar-refractivity contribution in [1.29, 1.82) is 0 Å². The normalized spacial score (nSPS) is 17.4. The van der Waals surface area contributed by atoms with E-state index in [1.54, 1.807) is 0 Å². The lowest BCUT2D eigenvalue weighted by molar-refractivity contribution is -0.138. The third kappa shape index (κ3) is 4.25. The Balaban J connectivity index is 1.49. The fourth-order valence-electron chi connectivity index (χ4n) is 3.28. The smallest absolute Gasteiger partial charge is 0.334 e. The molecule has 0 aliphatic carbocycles. The van der Waals surface area contributed by atoms with E-state index in [4.69, 9.17) is 4.52 Å². The summed E-state index contributed by atoms with van der Waals surface area (Å²) >= 11 is 0. The number of nitrogens with zero attached hydrogens (tertiary/aromatic N) is 3. The molecule has 1 amide bonds. The average Bonchev–Trinajstić information content (AvgIpc) is 3.34. The standard InChI is InChI=1S/C20H13F6N3O2/c21-19(22,23)13-3-1-11(2-4-13)18-27-17(28-31-18)12-9-16(30)29(10-12)15-7-5-14(6-8-15)20(24,25)26/h1-8,12H,9-10H2. The van der Waals surface area contributed by atoms with Crippen LogP contribution in [0.3, 0.4) is 0 Å². The second-order valence-corrected chi connectivity index (χ2v) is 6.98. The molecule has 1 atom stereocenters. The lowest BCUT2D eigenvalue weighted by Crippen LogP contribution is -2.24. The fraction of sp³-hybridized carbons (Fsp3) is 0.250. The number of halogens is 6. The summed E-state index contributed by atoms with van der Waals surface area (Å²) in [4.78, 5) is 17.9. The fourth-order valence-corrected chi connectivity index (χ4v) is 3.28. The lowest BCUT2D eigenvalue weighted by atomic mass is 10.1. The number of rotatable bonds is 3. The van der Waals surface area contributed by atoms with Crippen LogP contribution in [0.2, 0.25) is 0 Å². The Kier molecular flexibility index (Phi) is 4.98. The number of carbonyl (C=O) groups is 1. The highest BCUT2D eigenvalue weighted by atomic mass is 19.4. The molecule has 11 heteroatoms. The average molecular weight is 441 g/mol. The van der Waals surface area contributed by atoms with Crippen LogP contribution < -0.4 is 4.90 Å². The first kappa shape index (κ1) is 20.9. The van der Waals surface area contributed by atoms with Crippen molar-refractivity contribution in [3.8, 4) is 11.5 Å². The molecule has 4 rings (SSSR count). The van der Waals surface area contributed by atoms with Crippen LogP contribution in [0.5, 0.6) is 0 Å². The zero-order valence-corrected chi connectivity index (χ0v) is 15.5. The predicted octanol–water partition coefficient (Wildman–Crippen LogP) is 5.29. The highest BCUT2D eigenvalue weighted by Gasteiger charge is 2.36. The summed E-state index contributed by atoms with van der Waals surface area (Å²) in [5.41, 5.74) is -1.04.